The highest BCUT2D eigenvalue weighted by Crippen LogP contribution is 1.93. The maximum Gasteiger partial charge on any atom is 0.487 e. The highest BCUT2D eigenvalue weighted by atomic mass is 16.4. The Hall–Kier alpha value is -0.865. The van der Waals surface area contributed by atoms with Crippen molar-refractivity contribution >= 4 is 13.3 Å². The molecule has 2 N–H and O–H groups in total. The van der Waals surface area contributed by atoms with E-state index in [0.717, 1.165) is 0 Å². The average Bonchev–Trinajstić information content (AvgIpc) is 1.88. The molecule has 0 heterocycles. The first-order valence-corrected chi connectivity index (χ1v) is 2.87. The summed E-state index contributed by atoms with van der Waals surface area (Å²) in [4.78, 5) is 3.71. The highest BCUT2D eigenvalue weighted by Gasteiger charge is 2.07. The first-order chi connectivity index (χ1) is 4.68. The van der Waals surface area contributed by atoms with Crippen molar-refractivity contribution < 1.29 is 10.0 Å². The zero-order valence-corrected chi connectivity index (χ0v) is 5.86. The lowest BCUT2D eigenvalue weighted by atomic mass is 9.81. The first kappa shape index (κ1) is 9.13. The van der Waals surface area contributed by atoms with E-state index in [-0.39, 0.29) is 5.47 Å². The maximum atomic E-state index is 8.47. The molecule has 3 nitrogen and oxygen atoms in total. The van der Waals surface area contributed by atoms with Crippen molar-refractivity contribution in [3.63, 3.8) is 0 Å². The standard InChI is InChI=1S/C6H10BNO2/c1-3-8-5-4-6(2)7(9)10/h3-5,9-10H,2H2,1H3/b5-4-,8-3?. The van der Waals surface area contributed by atoms with Crippen molar-refractivity contribution in [1.29, 1.82) is 0 Å². The van der Waals surface area contributed by atoms with Crippen LogP contribution >= 0.6 is 0 Å². The number of aliphatic imine (C=N–C) groups is 1. The second-order valence-corrected chi connectivity index (χ2v) is 1.67. The van der Waals surface area contributed by atoms with Gasteiger partial charge < -0.3 is 10.0 Å². The predicted molar refractivity (Wildman–Crippen MR) is 42.6 cm³/mol. The zero-order chi connectivity index (χ0) is 7.98. The van der Waals surface area contributed by atoms with Crippen LogP contribution in [0.4, 0.5) is 0 Å². The van der Waals surface area contributed by atoms with Gasteiger partial charge in [-0.15, -0.1) is 0 Å². The number of nitrogens with zero attached hydrogens (tertiary/aromatic N) is 1. The Balaban J connectivity index is 3.78. The highest BCUT2D eigenvalue weighted by molar-refractivity contribution is 6.51. The van der Waals surface area contributed by atoms with Crippen LogP contribution in [0.2, 0.25) is 0 Å². The Labute approximate surface area is 60.6 Å². The molecule has 0 amide bonds. The Morgan fingerprint density at radius 1 is 1.60 bits per heavy atom. The Morgan fingerprint density at radius 2 is 2.20 bits per heavy atom. The summed E-state index contributed by atoms with van der Waals surface area (Å²) in [7, 11) is -1.48. The molecule has 10 heavy (non-hydrogen) atoms. The van der Waals surface area contributed by atoms with Gasteiger partial charge in [0.15, 0.2) is 0 Å². The van der Waals surface area contributed by atoms with Crippen LogP contribution in [0.5, 0.6) is 0 Å². The molecule has 0 spiro atoms. The summed E-state index contributed by atoms with van der Waals surface area (Å²) < 4.78 is 0. The van der Waals surface area contributed by atoms with Gasteiger partial charge in [-0.05, 0) is 18.5 Å². The Kier molecular flexibility index (Phi) is 4.53. The van der Waals surface area contributed by atoms with Crippen LogP contribution in [-0.2, 0) is 0 Å². The minimum atomic E-state index is -1.48. The van der Waals surface area contributed by atoms with Gasteiger partial charge in [0.05, 0.1) is 0 Å². The molecular weight excluding hydrogens is 129 g/mol. The average molecular weight is 139 g/mol. The molecule has 0 aliphatic heterocycles. The zero-order valence-electron chi connectivity index (χ0n) is 5.86. The van der Waals surface area contributed by atoms with Crippen LogP contribution in [-0.4, -0.2) is 23.4 Å². The van der Waals surface area contributed by atoms with E-state index in [1.54, 1.807) is 13.1 Å². The summed E-state index contributed by atoms with van der Waals surface area (Å²) in [6.07, 6.45) is 4.47. The molecule has 0 aromatic rings. The minimum Gasteiger partial charge on any atom is -0.423 e. The van der Waals surface area contributed by atoms with Crippen LogP contribution in [0.25, 0.3) is 0 Å². The molecular formula is C6H10BNO2. The molecule has 0 saturated heterocycles. The predicted octanol–water partition coefficient (Wildman–Crippen LogP) is 0.159. The van der Waals surface area contributed by atoms with Gasteiger partial charge >= 0.3 is 7.12 Å². The number of hydrogen-bond acceptors (Lipinski definition) is 3. The van der Waals surface area contributed by atoms with Crippen molar-refractivity contribution in [2.75, 3.05) is 0 Å². The van der Waals surface area contributed by atoms with Crippen LogP contribution in [0.15, 0.2) is 29.3 Å². The molecule has 0 aliphatic carbocycles. The number of hydrogen-bond donors (Lipinski definition) is 2. The molecule has 0 unspecified atom stereocenters. The van der Waals surface area contributed by atoms with Crippen molar-refractivity contribution in [2.45, 2.75) is 6.92 Å². The van der Waals surface area contributed by atoms with Crippen LogP contribution < -0.4 is 0 Å². The van der Waals surface area contributed by atoms with E-state index in [4.69, 9.17) is 10.0 Å². The van der Waals surface area contributed by atoms with Gasteiger partial charge in [0.25, 0.3) is 0 Å². The molecule has 0 aliphatic rings. The smallest absolute Gasteiger partial charge is 0.423 e. The summed E-state index contributed by atoms with van der Waals surface area (Å²) >= 11 is 0. The van der Waals surface area contributed by atoms with Crippen LogP contribution in [0, 0.1) is 0 Å². The third-order valence-electron chi connectivity index (χ3n) is 0.855. The fraction of sp³-hybridized carbons (Fsp3) is 0.167. The molecule has 0 aromatic heterocycles. The summed E-state index contributed by atoms with van der Waals surface area (Å²) in [6, 6.07) is 0. The summed E-state index contributed by atoms with van der Waals surface area (Å²) in [5, 5.41) is 16.9. The van der Waals surface area contributed by atoms with Crippen LogP contribution in [0.3, 0.4) is 0 Å². The topological polar surface area (TPSA) is 52.8 Å². The van der Waals surface area contributed by atoms with Gasteiger partial charge in [-0.2, -0.15) is 0 Å². The quantitative estimate of drug-likeness (QED) is 0.332. The molecule has 0 bridgehead atoms. The molecule has 0 radical (unpaired) electrons. The third kappa shape index (κ3) is 4.06. The second-order valence-electron chi connectivity index (χ2n) is 1.67. The molecule has 4 heteroatoms. The number of allylic oxidation sites excluding steroid dienone is 2. The normalized spacial score (nSPS) is 11.1. The van der Waals surface area contributed by atoms with Crippen molar-refractivity contribution in [1.82, 2.24) is 0 Å². The van der Waals surface area contributed by atoms with Gasteiger partial charge in [0.2, 0.25) is 0 Å². The molecule has 0 atom stereocenters. The summed E-state index contributed by atoms with van der Waals surface area (Å²) in [5.74, 6) is 0. The SMILES string of the molecule is C=C(/C=C\N=CC)B(O)O. The fourth-order valence-corrected chi connectivity index (χ4v) is 0.311. The second kappa shape index (κ2) is 4.96. The van der Waals surface area contributed by atoms with Gasteiger partial charge in [-0.25, -0.2) is 0 Å². The molecule has 0 saturated carbocycles. The third-order valence-corrected chi connectivity index (χ3v) is 0.855. The van der Waals surface area contributed by atoms with Gasteiger partial charge in [-0.1, -0.05) is 6.58 Å². The Bertz CT molecular complexity index is 163. The van der Waals surface area contributed by atoms with E-state index in [9.17, 15) is 0 Å². The summed E-state index contributed by atoms with van der Waals surface area (Å²) in [5.41, 5.74) is 0.227. The monoisotopic (exact) mass is 139 g/mol. The van der Waals surface area contributed by atoms with Gasteiger partial charge in [0, 0.05) is 12.4 Å². The lowest BCUT2D eigenvalue weighted by Gasteiger charge is -1.92. The molecule has 0 fully saturated rings. The van der Waals surface area contributed by atoms with Crippen molar-refractivity contribution in [3.05, 3.63) is 24.3 Å². The van der Waals surface area contributed by atoms with Crippen LogP contribution in [0.1, 0.15) is 6.92 Å². The molecule has 0 aromatic carbocycles. The van der Waals surface area contributed by atoms with E-state index in [0.29, 0.717) is 0 Å². The number of rotatable bonds is 3. The van der Waals surface area contributed by atoms with E-state index in [1.807, 2.05) is 0 Å². The largest absolute Gasteiger partial charge is 0.487 e. The lowest BCUT2D eigenvalue weighted by Crippen LogP contribution is -2.12. The fourth-order valence-electron chi connectivity index (χ4n) is 0.311. The van der Waals surface area contributed by atoms with E-state index in [1.165, 1.54) is 12.3 Å². The molecule has 54 valence electrons. The van der Waals surface area contributed by atoms with Gasteiger partial charge in [0.1, 0.15) is 0 Å². The van der Waals surface area contributed by atoms with E-state index in [2.05, 4.69) is 11.6 Å². The van der Waals surface area contributed by atoms with Crippen molar-refractivity contribution in [2.24, 2.45) is 4.99 Å². The summed E-state index contributed by atoms with van der Waals surface area (Å²) in [6.45, 7) is 5.13. The minimum absolute atomic E-state index is 0.227. The first-order valence-electron chi connectivity index (χ1n) is 2.87. The maximum absolute atomic E-state index is 8.47. The van der Waals surface area contributed by atoms with Crippen molar-refractivity contribution in [3.8, 4) is 0 Å². The van der Waals surface area contributed by atoms with Gasteiger partial charge in [-0.3, -0.25) is 4.99 Å². The Morgan fingerprint density at radius 3 is 2.60 bits per heavy atom. The molecule has 0 rings (SSSR count). The van der Waals surface area contributed by atoms with E-state index >= 15 is 0 Å². The lowest BCUT2D eigenvalue weighted by molar-refractivity contribution is 0.421. The van der Waals surface area contributed by atoms with E-state index < -0.39 is 7.12 Å².